The van der Waals surface area contributed by atoms with Crippen LogP contribution in [0, 0.1) is 0 Å². The largest absolute Gasteiger partial charge is 0.450 e. The van der Waals surface area contributed by atoms with Gasteiger partial charge in [0.2, 0.25) is 0 Å². The summed E-state index contributed by atoms with van der Waals surface area (Å²) in [5.74, 6) is -0.584. The summed E-state index contributed by atoms with van der Waals surface area (Å²) < 4.78 is 43.7. The first-order valence-corrected chi connectivity index (χ1v) is 7.06. The van der Waals surface area contributed by atoms with Crippen molar-refractivity contribution in [2.45, 2.75) is 13.1 Å². The molecule has 0 aliphatic carbocycles. The Morgan fingerprint density at radius 2 is 1.78 bits per heavy atom. The first-order chi connectivity index (χ1) is 10.7. The van der Waals surface area contributed by atoms with Gasteiger partial charge in [0, 0.05) is 39.3 Å². The van der Waals surface area contributed by atoms with Crippen molar-refractivity contribution in [2.75, 3.05) is 32.8 Å². The normalized spacial score (nSPS) is 15.7. The Bertz CT molecular complexity index is 592. The summed E-state index contributed by atoms with van der Waals surface area (Å²) in [5, 5.41) is 3.64. The quantitative estimate of drug-likeness (QED) is 0.819. The van der Waals surface area contributed by atoms with Gasteiger partial charge in [0.1, 0.15) is 5.69 Å². The highest BCUT2D eigenvalue weighted by atomic mass is 19.4. The monoisotopic (exact) mass is 334 g/mol. The number of carbonyl (C=O) groups is 2. The number of rotatable bonds is 2. The maximum absolute atomic E-state index is 12.7. The van der Waals surface area contributed by atoms with Crippen LogP contribution in [0.1, 0.15) is 23.1 Å². The summed E-state index contributed by atoms with van der Waals surface area (Å²) in [6, 6.07) is 0.736. The molecule has 0 bridgehead atoms. The molecule has 10 heteroatoms. The molecule has 1 aliphatic rings. The zero-order valence-electron chi connectivity index (χ0n) is 12.8. The molecule has 2 amide bonds. The minimum atomic E-state index is -4.57. The summed E-state index contributed by atoms with van der Waals surface area (Å²) in [4.78, 5) is 26.6. The fourth-order valence-electron chi connectivity index (χ4n) is 2.31. The zero-order chi connectivity index (χ0) is 17.2. The Hall–Kier alpha value is -2.26. The van der Waals surface area contributed by atoms with Gasteiger partial charge in [-0.1, -0.05) is 0 Å². The number of aromatic nitrogens is 2. The molecule has 0 spiro atoms. The van der Waals surface area contributed by atoms with Gasteiger partial charge in [-0.15, -0.1) is 0 Å². The highest BCUT2D eigenvalue weighted by molar-refractivity contribution is 5.92. The smallest absolute Gasteiger partial charge is 0.433 e. The van der Waals surface area contributed by atoms with E-state index in [4.69, 9.17) is 4.74 Å². The third-order valence-corrected chi connectivity index (χ3v) is 3.48. The van der Waals surface area contributed by atoms with Gasteiger partial charge in [0.25, 0.3) is 5.91 Å². The lowest BCUT2D eigenvalue weighted by Gasteiger charge is -2.33. The van der Waals surface area contributed by atoms with Crippen LogP contribution in [0.4, 0.5) is 18.0 Å². The molecule has 0 N–H and O–H groups in total. The Morgan fingerprint density at radius 3 is 2.26 bits per heavy atom. The van der Waals surface area contributed by atoms with Crippen molar-refractivity contribution in [3.05, 3.63) is 17.5 Å². The molecule has 23 heavy (non-hydrogen) atoms. The molecule has 0 radical (unpaired) electrons. The molecule has 2 heterocycles. The third kappa shape index (κ3) is 3.74. The molecule has 1 fully saturated rings. The Morgan fingerprint density at radius 1 is 1.22 bits per heavy atom. The lowest BCUT2D eigenvalue weighted by atomic mass is 10.2. The molecule has 0 saturated carbocycles. The van der Waals surface area contributed by atoms with E-state index in [1.807, 2.05) is 0 Å². The second kappa shape index (κ2) is 6.47. The van der Waals surface area contributed by atoms with Crippen LogP contribution in [0.5, 0.6) is 0 Å². The molecular formula is C13H17F3N4O3. The van der Waals surface area contributed by atoms with Crippen molar-refractivity contribution >= 4 is 12.0 Å². The van der Waals surface area contributed by atoms with Crippen LogP contribution in [0.2, 0.25) is 0 Å². The molecule has 1 aliphatic heterocycles. The van der Waals surface area contributed by atoms with E-state index in [2.05, 4.69) is 5.10 Å². The predicted octanol–water partition coefficient (Wildman–Crippen LogP) is 1.35. The SMILES string of the molecule is CCOC(=O)N1CCN(C(=O)c2cc(C(F)(F)F)n(C)n2)CC1. The number of halogens is 3. The van der Waals surface area contributed by atoms with Crippen molar-refractivity contribution in [3.63, 3.8) is 0 Å². The van der Waals surface area contributed by atoms with Gasteiger partial charge >= 0.3 is 12.3 Å². The molecule has 0 atom stereocenters. The Balaban J connectivity index is 2.02. The molecule has 0 aromatic carbocycles. The first-order valence-electron chi connectivity index (χ1n) is 7.06. The summed E-state index contributed by atoms with van der Waals surface area (Å²) in [6.07, 6.45) is -5.03. The van der Waals surface area contributed by atoms with Gasteiger partial charge in [-0.3, -0.25) is 9.48 Å². The topological polar surface area (TPSA) is 67.7 Å². The van der Waals surface area contributed by atoms with E-state index in [0.29, 0.717) is 4.68 Å². The number of hydrogen-bond acceptors (Lipinski definition) is 4. The number of aryl methyl sites for hydroxylation is 1. The maximum Gasteiger partial charge on any atom is 0.433 e. The van der Waals surface area contributed by atoms with Crippen LogP contribution in [-0.2, 0) is 18.0 Å². The lowest BCUT2D eigenvalue weighted by Crippen LogP contribution is -2.50. The van der Waals surface area contributed by atoms with E-state index in [1.165, 1.54) is 9.80 Å². The van der Waals surface area contributed by atoms with Crippen LogP contribution in [0.25, 0.3) is 0 Å². The van der Waals surface area contributed by atoms with Gasteiger partial charge in [-0.25, -0.2) is 4.79 Å². The van der Waals surface area contributed by atoms with Gasteiger partial charge < -0.3 is 14.5 Å². The number of ether oxygens (including phenoxy) is 1. The summed E-state index contributed by atoms with van der Waals surface area (Å²) in [6.45, 7) is 2.92. The van der Waals surface area contributed by atoms with Crippen molar-refractivity contribution in [3.8, 4) is 0 Å². The van der Waals surface area contributed by atoms with Crippen LogP contribution in [0.3, 0.4) is 0 Å². The number of alkyl halides is 3. The van der Waals surface area contributed by atoms with Crippen LogP contribution in [0.15, 0.2) is 6.07 Å². The van der Waals surface area contributed by atoms with Crippen molar-refractivity contribution < 1.29 is 27.5 Å². The Labute approximate surface area is 130 Å². The van der Waals surface area contributed by atoms with Gasteiger partial charge in [-0.2, -0.15) is 18.3 Å². The maximum atomic E-state index is 12.7. The number of amides is 2. The summed E-state index contributed by atoms with van der Waals surface area (Å²) in [7, 11) is 1.14. The molecule has 1 saturated heterocycles. The van der Waals surface area contributed by atoms with Gasteiger partial charge in [-0.05, 0) is 6.92 Å². The van der Waals surface area contributed by atoms with E-state index in [9.17, 15) is 22.8 Å². The second-order valence-electron chi connectivity index (χ2n) is 5.01. The third-order valence-electron chi connectivity index (χ3n) is 3.48. The number of carbonyl (C=O) groups excluding carboxylic acids is 2. The highest BCUT2D eigenvalue weighted by Gasteiger charge is 2.36. The average Bonchev–Trinajstić information content (AvgIpc) is 2.89. The van der Waals surface area contributed by atoms with E-state index >= 15 is 0 Å². The number of hydrogen-bond donors (Lipinski definition) is 0. The van der Waals surface area contributed by atoms with E-state index in [-0.39, 0.29) is 38.5 Å². The fourth-order valence-corrected chi connectivity index (χ4v) is 2.31. The molecule has 128 valence electrons. The highest BCUT2D eigenvalue weighted by Crippen LogP contribution is 2.29. The van der Waals surface area contributed by atoms with E-state index in [0.717, 1.165) is 13.1 Å². The minimum absolute atomic E-state index is 0.218. The van der Waals surface area contributed by atoms with Crippen LogP contribution >= 0.6 is 0 Å². The zero-order valence-corrected chi connectivity index (χ0v) is 12.8. The molecular weight excluding hydrogens is 317 g/mol. The van der Waals surface area contributed by atoms with Gasteiger partial charge in [0.15, 0.2) is 5.69 Å². The summed E-state index contributed by atoms with van der Waals surface area (Å²) >= 11 is 0. The van der Waals surface area contributed by atoms with Crippen molar-refractivity contribution in [2.24, 2.45) is 7.05 Å². The lowest BCUT2D eigenvalue weighted by molar-refractivity contribution is -0.143. The summed E-state index contributed by atoms with van der Waals surface area (Å²) in [5.41, 5.74) is -1.24. The molecule has 1 aromatic heterocycles. The predicted molar refractivity (Wildman–Crippen MR) is 72.7 cm³/mol. The number of piperazine rings is 1. The molecule has 1 aromatic rings. The molecule has 7 nitrogen and oxygen atoms in total. The molecule has 2 rings (SSSR count). The van der Waals surface area contributed by atoms with Crippen LogP contribution in [-0.4, -0.2) is 64.4 Å². The first kappa shape index (κ1) is 17.1. The second-order valence-corrected chi connectivity index (χ2v) is 5.01. The van der Waals surface area contributed by atoms with Gasteiger partial charge in [0.05, 0.1) is 6.61 Å². The number of nitrogens with zero attached hydrogens (tertiary/aromatic N) is 4. The fraction of sp³-hybridized carbons (Fsp3) is 0.615. The van der Waals surface area contributed by atoms with Crippen molar-refractivity contribution in [1.82, 2.24) is 19.6 Å². The Kier molecular flexibility index (Phi) is 4.81. The average molecular weight is 334 g/mol. The standard InChI is InChI=1S/C13H17F3N4O3/c1-3-23-12(22)20-6-4-19(5-7-20)11(21)9-8-10(13(14,15)16)18(2)17-9/h8H,3-7H2,1-2H3. The minimum Gasteiger partial charge on any atom is -0.450 e. The molecule has 0 unspecified atom stereocenters. The van der Waals surface area contributed by atoms with E-state index < -0.39 is 23.9 Å². The van der Waals surface area contributed by atoms with E-state index in [1.54, 1.807) is 6.92 Å². The van der Waals surface area contributed by atoms with Crippen LogP contribution < -0.4 is 0 Å². The van der Waals surface area contributed by atoms with Crippen molar-refractivity contribution in [1.29, 1.82) is 0 Å².